The maximum absolute atomic E-state index is 14.1. The zero-order valence-electron chi connectivity index (χ0n) is 22.5. The summed E-state index contributed by atoms with van der Waals surface area (Å²) in [7, 11) is -3.85. The Hall–Kier alpha value is -3.05. The SMILES string of the molecule is CCCCCOC(=O)C(C)(C)N[P@](=O)(CO[C@H](C)Cn1cnc2c(N)ncnc21)NC(=O)c1ccc(Cl)cc1. The molecule has 0 aliphatic rings. The molecule has 0 fully saturated rings. The molecule has 1 amide bonds. The minimum absolute atomic E-state index is 0.247. The van der Waals surface area contributed by atoms with Crippen molar-refractivity contribution in [3.8, 4) is 0 Å². The molecule has 0 bridgehead atoms. The minimum Gasteiger partial charge on any atom is -0.464 e. The van der Waals surface area contributed by atoms with E-state index in [1.807, 2.05) is 6.92 Å². The maximum atomic E-state index is 14.1. The fourth-order valence-electron chi connectivity index (χ4n) is 3.71. The number of halogens is 1. The Balaban J connectivity index is 1.74. The van der Waals surface area contributed by atoms with Crippen LogP contribution in [0.3, 0.4) is 0 Å². The molecule has 0 spiro atoms. The molecular formula is C25H35ClN7O5P. The number of ether oxygens (including phenoxy) is 2. The molecule has 4 N–H and O–H groups in total. The van der Waals surface area contributed by atoms with Gasteiger partial charge >= 0.3 is 5.97 Å². The molecule has 0 aliphatic heterocycles. The monoisotopic (exact) mass is 579 g/mol. The Morgan fingerprint density at radius 2 is 1.90 bits per heavy atom. The Morgan fingerprint density at radius 1 is 1.18 bits per heavy atom. The van der Waals surface area contributed by atoms with Crippen molar-refractivity contribution in [3.05, 3.63) is 47.5 Å². The molecule has 12 nitrogen and oxygen atoms in total. The fraction of sp³-hybridized carbons (Fsp3) is 0.480. The number of anilines is 1. The highest BCUT2D eigenvalue weighted by Crippen LogP contribution is 2.40. The summed E-state index contributed by atoms with van der Waals surface area (Å²) in [6.07, 6.45) is 4.66. The highest BCUT2D eigenvalue weighted by atomic mass is 35.5. The lowest BCUT2D eigenvalue weighted by atomic mass is 10.1. The minimum atomic E-state index is -3.85. The first-order chi connectivity index (χ1) is 18.4. The molecule has 3 aromatic rings. The summed E-state index contributed by atoms with van der Waals surface area (Å²) >= 11 is 5.93. The lowest BCUT2D eigenvalue weighted by molar-refractivity contribution is -0.149. The third kappa shape index (κ3) is 8.47. The van der Waals surface area contributed by atoms with Gasteiger partial charge in [0.15, 0.2) is 11.5 Å². The zero-order valence-corrected chi connectivity index (χ0v) is 24.2. The standard InChI is InChI=1S/C25H35ClN7O5P/c1-5-6-7-12-37-24(35)25(3,4)32-39(36,31-23(34)18-8-10-19(26)11-9-18)16-38-17(2)13-33-15-30-20-21(27)28-14-29-22(20)33/h8-11,14-15,17H,5-7,12-13,16H2,1-4H3,(H2,27,28,29)(H2,31,32,34,36)/t17-,39+/m1/s1. The molecule has 1 aromatic carbocycles. The van der Waals surface area contributed by atoms with Crippen LogP contribution in [0.25, 0.3) is 11.2 Å². The van der Waals surface area contributed by atoms with Crippen LogP contribution in [0, 0.1) is 0 Å². The number of nitrogens with one attached hydrogen (secondary N) is 2. The van der Waals surface area contributed by atoms with E-state index in [2.05, 4.69) is 25.1 Å². The molecule has 14 heteroatoms. The average molecular weight is 580 g/mol. The van der Waals surface area contributed by atoms with Crippen molar-refractivity contribution in [2.45, 2.75) is 65.1 Å². The zero-order chi connectivity index (χ0) is 28.6. The predicted octanol–water partition coefficient (Wildman–Crippen LogP) is 4.15. The van der Waals surface area contributed by atoms with Crippen molar-refractivity contribution in [2.24, 2.45) is 0 Å². The Kier molecular flexibility index (Phi) is 10.4. The summed E-state index contributed by atoms with van der Waals surface area (Å²) in [6.45, 7) is 7.46. The normalized spacial score (nSPS) is 14.1. The fourth-order valence-corrected chi connectivity index (χ4v) is 5.94. The van der Waals surface area contributed by atoms with Gasteiger partial charge in [-0.25, -0.2) is 20.0 Å². The first-order valence-corrected chi connectivity index (χ1v) is 14.9. The van der Waals surface area contributed by atoms with Crippen molar-refractivity contribution in [1.29, 1.82) is 0 Å². The Bertz CT molecular complexity index is 1330. The summed E-state index contributed by atoms with van der Waals surface area (Å²) < 4.78 is 27.1. The lowest BCUT2D eigenvalue weighted by Crippen LogP contribution is -2.49. The molecular weight excluding hydrogens is 545 g/mol. The van der Waals surface area contributed by atoms with E-state index in [0.717, 1.165) is 19.3 Å². The molecule has 39 heavy (non-hydrogen) atoms. The van der Waals surface area contributed by atoms with Gasteiger partial charge in [-0.3, -0.25) is 19.2 Å². The van der Waals surface area contributed by atoms with E-state index in [1.54, 1.807) is 43.8 Å². The van der Waals surface area contributed by atoms with Gasteiger partial charge in [0.2, 0.25) is 0 Å². The number of fused-ring (bicyclic) bond motifs is 1. The highest BCUT2D eigenvalue weighted by molar-refractivity contribution is 7.60. The van der Waals surface area contributed by atoms with Crippen molar-refractivity contribution < 1.29 is 23.6 Å². The molecule has 0 unspecified atom stereocenters. The van der Waals surface area contributed by atoms with Gasteiger partial charge in [-0.05, 0) is 51.5 Å². The number of hydrogen-bond donors (Lipinski definition) is 3. The van der Waals surface area contributed by atoms with Crippen LogP contribution in [0.5, 0.6) is 0 Å². The van der Waals surface area contributed by atoms with Crippen LogP contribution in [0.2, 0.25) is 5.02 Å². The van der Waals surface area contributed by atoms with Crippen LogP contribution < -0.4 is 15.9 Å². The smallest absolute Gasteiger partial charge is 0.326 e. The highest BCUT2D eigenvalue weighted by Gasteiger charge is 2.39. The van der Waals surface area contributed by atoms with E-state index >= 15 is 0 Å². The van der Waals surface area contributed by atoms with Crippen LogP contribution in [-0.2, 0) is 25.4 Å². The van der Waals surface area contributed by atoms with Crippen molar-refractivity contribution >= 4 is 47.9 Å². The maximum Gasteiger partial charge on any atom is 0.326 e. The second-order valence-electron chi connectivity index (χ2n) is 9.70. The number of amides is 1. The number of carbonyl (C=O) groups is 2. The van der Waals surface area contributed by atoms with Gasteiger partial charge < -0.3 is 19.8 Å². The van der Waals surface area contributed by atoms with Gasteiger partial charge in [-0.15, -0.1) is 0 Å². The molecule has 2 aromatic heterocycles. The van der Waals surface area contributed by atoms with Gasteiger partial charge in [0, 0.05) is 10.6 Å². The number of unbranched alkanes of at least 4 members (excludes halogenated alkanes) is 2. The number of nitrogens with zero attached hydrogens (tertiary/aromatic N) is 4. The third-order valence-corrected chi connectivity index (χ3v) is 8.01. The number of imidazole rings is 1. The molecule has 0 radical (unpaired) electrons. The largest absolute Gasteiger partial charge is 0.464 e. The van der Waals surface area contributed by atoms with Crippen LogP contribution in [0.4, 0.5) is 5.82 Å². The van der Waals surface area contributed by atoms with Crippen molar-refractivity contribution in [3.63, 3.8) is 0 Å². The third-order valence-electron chi connectivity index (χ3n) is 5.76. The number of carbonyl (C=O) groups excluding carboxylic acids is 2. The number of esters is 1. The van der Waals surface area contributed by atoms with Gasteiger partial charge in [-0.2, -0.15) is 0 Å². The number of hydrogen-bond acceptors (Lipinski definition) is 9. The summed E-state index contributed by atoms with van der Waals surface area (Å²) in [5, 5.41) is 5.81. The Morgan fingerprint density at radius 3 is 2.59 bits per heavy atom. The summed E-state index contributed by atoms with van der Waals surface area (Å²) in [4.78, 5) is 38.2. The topological polar surface area (TPSA) is 163 Å². The second kappa shape index (κ2) is 13.3. The van der Waals surface area contributed by atoms with E-state index in [4.69, 9.17) is 26.8 Å². The number of rotatable bonds is 14. The average Bonchev–Trinajstić information content (AvgIpc) is 3.29. The van der Waals surface area contributed by atoms with Gasteiger partial charge in [0.1, 0.15) is 23.7 Å². The molecule has 2 atom stereocenters. The first kappa shape index (κ1) is 30.5. The van der Waals surface area contributed by atoms with Crippen molar-refractivity contribution in [1.82, 2.24) is 29.7 Å². The number of nitrogens with two attached hydrogens (primary N) is 1. The van der Waals surface area contributed by atoms with Gasteiger partial charge in [-0.1, -0.05) is 31.4 Å². The number of nitrogen functional groups attached to an aromatic ring is 1. The van der Waals surface area contributed by atoms with Crippen LogP contribution in [-0.4, -0.2) is 56.0 Å². The van der Waals surface area contributed by atoms with Gasteiger partial charge in [0.25, 0.3) is 13.4 Å². The molecule has 2 heterocycles. The molecule has 212 valence electrons. The molecule has 0 saturated carbocycles. The summed E-state index contributed by atoms with van der Waals surface area (Å²) in [5.41, 5.74) is 5.72. The Labute approximate surface area is 232 Å². The van der Waals surface area contributed by atoms with Crippen LogP contribution in [0.15, 0.2) is 36.9 Å². The second-order valence-corrected chi connectivity index (χ2v) is 12.3. The van der Waals surface area contributed by atoms with Crippen LogP contribution >= 0.6 is 19.0 Å². The molecule has 0 saturated heterocycles. The summed E-state index contributed by atoms with van der Waals surface area (Å²) in [6, 6.07) is 6.13. The quantitative estimate of drug-likeness (QED) is 0.143. The summed E-state index contributed by atoms with van der Waals surface area (Å²) in [5.74, 6) is -0.942. The van der Waals surface area contributed by atoms with Gasteiger partial charge in [0.05, 0.1) is 25.6 Å². The lowest BCUT2D eigenvalue weighted by Gasteiger charge is -2.31. The molecule has 3 rings (SSSR count). The van der Waals surface area contributed by atoms with E-state index in [9.17, 15) is 14.2 Å². The van der Waals surface area contributed by atoms with E-state index < -0.39 is 37.3 Å². The predicted molar refractivity (Wildman–Crippen MR) is 149 cm³/mol. The molecule has 0 aliphatic carbocycles. The van der Waals surface area contributed by atoms with Crippen LogP contribution in [0.1, 0.15) is 57.3 Å². The first-order valence-electron chi connectivity index (χ1n) is 12.6. The number of aromatic nitrogens is 4. The van der Waals surface area contributed by atoms with E-state index in [0.29, 0.717) is 22.7 Å². The van der Waals surface area contributed by atoms with E-state index in [-0.39, 0.29) is 18.0 Å². The van der Waals surface area contributed by atoms with Crippen molar-refractivity contribution in [2.75, 3.05) is 18.7 Å². The van der Waals surface area contributed by atoms with E-state index in [1.165, 1.54) is 18.5 Å². The number of benzene rings is 1.